The van der Waals surface area contributed by atoms with Crippen molar-refractivity contribution in [3.63, 3.8) is 0 Å². The largest absolute Gasteiger partial charge is 0.496 e. The second kappa shape index (κ2) is 9.50. The van der Waals surface area contributed by atoms with E-state index in [-0.39, 0.29) is 5.96 Å². The molecule has 0 saturated heterocycles. The van der Waals surface area contributed by atoms with E-state index in [1.54, 1.807) is 65.9 Å². The molecule has 0 radical (unpaired) electrons. The fourth-order valence-corrected chi connectivity index (χ4v) is 2.32. The standard InChI is InChI=1S/C21H28N4O6/c1-20(2,3)30-18(26)24-17(25-19(27)31-21(4,5)6)23-13-8-9-14(15(10-13)28-7)16-11-22-12-29-16/h8-12H,1-7H3,(H2,23,24,25,26,27). The molecule has 0 aliphatic carbocycles. The van der Waals surface area contributed by atoms with E-state index >= 15 is 0 Å². The number of hydrogen-bond donors (Lipinski definition) is 2. The minimum atomic E-state index is -0.878. The van der Waals surface area contributed by atoms with Crippen LogP contribution < -0.4 is 15.4 Å². The zero-order valence-electron chi connectivity index (χ0n) is 18.7. The molecule has 2 aromatic rings. The van der Waals surface area contributed by atoms with Gasteiger partial charge in [-0.05, 0) is 53.7 Å². The number of alkyl carbamates (subject to hydrolysis) is 1. The van der Waals surface area contributed by atoms with Crippen LogP contribution >= 0.6 is 0 Å². The average Bonchev–Trinajstić information content (AvgIpc) is 3.12. The van der Waals surface area contributed by atoms with Gasteiger partial charge in [0, 0.05) is 11.8 Å². The first kappa shape index (κ1) is 23.7. The third kappa shape index (κ3) is 8.00. The van der Waals surface area contributed by atoms with E-state index in [4.69, 9.17) is 18.6 Å². The van der Waals surface area contributed by atoms with E-state index < -0.39 is 23.4 Å². The Labute approximate surface area is 181 Å². The lowest BCUT2D eigenvalue weighted by atomic mass is 10.1. The molecule has 2 rings (SSSR count). The topological polar surface area (TPSA) is 124 Å². The van der Waals surface area contributed by atoms with Crippen LogP contribution in [0.4, 0.5) is 15.3 Å². The molecule has 0 atom stereocenters. The third-order valence-corrected chi connectivity index (χ3v) is 3.38. The van der Waals surface area contributed by atoms with Crippen molar-refractivity contribution in [1.29, 1.82) is 0 Å². The van der Waals surface area contributed by atoms with E-state index in [2.05, 4.69) is 20.6 Å². The lowest BCUT2D eigenvalue weighted by molar-refractivity contribution is 0.0562. The summed E-state index contributed by atoms with van der Waals surface area (Å²) in [7, 11) is 1.51. The number of oxazole rings is 1. The number of hydrogen-bond acceptors (Lipinski definition) is 7. The van der Waals surface area contributed by atoms with Crippen molar-refractivity contribution in [1.82, 2.24) is 10.3 Å². The van der Waals surface area contributed by atoms with Crippen molar-refractivity contribution in [3.05, 3.63) is 30.8 Å². The monoisotopic (exact) mass is 432 g/mol. The number of carbonyl (C=O) groups excluding carboxylic acids is 2. The number of methoxy groups -OCH3 is 1. The van der Waals surface area contributed by atoms with E-state index in [9.17, 15) is 9.59 Å². The van der Waals surface area contributed by atoms with Crippen LogP contribution in [0.5, 0.6) is 5.75 Å². The smallest absolute Gasteiger partial charge is 0.437 e. The summed E-state index contributed by atoms with van der Waals surface area (Å²) in [4.78, 5) is 32.1. The molecule has 0 bridgehead atoms. The highest BCUT2D eigenvalue weighted by Gasteiger charge is 2.21. The van der Waals surface area contributed by atoms with Gasteiger partial charge in [0.2, 0.25) is 5.96 Å². The molecule has 2 amide bonds. The maximum absolute atomic E-state index is 12.2. The van der Waals surface area contributed by atoms with Gasteiger partial charge in [-0.1, -0.05) is 0 Å². The van der Waals surface area contributed by atoms with Crippen molar-refractivity contribution < 1.29 is 28.2 Å². The lowest BCUT2D eigenvalue weighted by Gasteiger charge is -2.21. The Morgan fingerprint density at radius 3 is 2.29 bits per heavy atom. The van der Waals surface area contributed by atoms with Crippen LogP contribution in [0.2, 0.25) is 0 Å². The SMILES string of the molecule is COc1cc(NC(=NC(=O)OC(C)(C)C)NC(=O)OC(C)(C)C)ccc1-c1cnco1. The molecule has 10 heteroatoms. The summed E-state index contributed by atoms with van der Waals surface area (Å²) in [5.74, 6) is 0.839. The first-order chi connectivity index (χ1) is 14.4. The fourth-order valence-electron chi connectivity index (χ4n) is 2.32. The van der Waals surface area contributed by atoms with Gasteiger partial charge < -0.3 is 23.9 Å². The number of nitrogens with zero attached hydrogens (tertiary/aromatic N) is 2. The van der Waals surface area contributed by atoms with Crippen LogP contribution in [0.25, 0.3) is 11.3 Å². The van der Waals surface area contributed by atoms with Crippen molar-refractivity contribution in [3.8, 4) is 17.1 Å². The molecule has 1 aromatic carbocycles. The predicted octanol–water partition coefficient (Wildman–Crippen LogP) is 4.58. The van der Waals surface area contributed by atoms with Crippen molar-refractivity contribution in [2.24, 2.45) is 4.99 Å². The molecule has 0 fully saturated rings. The Morgan fingerprint density at radius 1 is 1.06 bits per heavy atom. The number of aliphatic imine (C=N–C) groups is 1. The third-order valence-electron chi connectivity index (χ3n) is 3.38. The van der Waals surface area contributed by atoms with Gasteiger partial charge in [0.25, 0.3) is 0 Å². The highest BCUT2D eigenvalue weighted by Crippen LogP contribution is 2.32. The Morgan fingerprint density at radius 2 is 1.74 bits per heavy atom. The highest BCUT2D eigenvalue weighted by molar-refractivity contribution is 6.06. The number of aromatic nitrogens is 1. The Hall–Kier alpha value is -3.56. The van der Waals surface area contributed by atoms with Crippen molar-refractivity contribution >= 4 is 23.8 Å². The van der Waals surface area contributed by atoms with E-state index in [1.165, 1.54) is 13.5 Å². The van der Waals surface area contributed by atoms with Gasteiger partial charge in [0.05, 0.1) is 18.9 Å². The molecule has 0 spiro atoms. The number of guanidine groups is 1. The summed E-state index contributed by atoms with van der Waals surface area (Å²) in [5.41, 5.74) is -0.322. The van der Waals surface area contributed by atoms with Crippen LogP contribution in [0, 0.1) is 0 Å². The molecule has 1 aromatic heterocycles. The fraction of sp³-hybridized carbons (Fsp3) is 0.429. The molecule has 1 heterocycles. The van der Waals surface area contributed by atoms with E-state index in [1.807, 2.05) is 0 Å². The van der Waals surface area contributed by atoms with E-state index in [0.29, 0.717) is 22.8 Å². The maximum atomic E-state index is 12.2. The normalized spacial score (nSPS) is 12.2. The molecular weight excluding hydrogens is 404 g/mol. The second-order valence-corrected chi connectivity index (χ2v) is 8.47. The van der Waals surface area contributed by atoms with Crippen LogP contribution in [0.1, 0.15) is 41.5 Å². The molecule has 0 aliphatic rings. The van der Waals surface area contributed by atoms with E-state index in [0.717, 1.165) is 0 Å². The highest BCUT2D eigenvalue weighted by atomic mass is 16.6. The summed E-state index contributed by atoms with van der Waals surface area (Å²) in [6, 6.07) is 5.08. The molecule has 168 valence electrons. The lowest BCUT2D eigenvalue weighted by Crippen LogP contribution is -2.40. The van der Waals surface area contributed by atoms with Crippen molar-refractivity contribution in [2.75, 3.05) is 12.4 Å². The van der Waals surface area contributed by atoms with Crippen molar-refractivity contribution in [2.45, 2.75) is 52.7 Å². The van der Waals surface area contributed by atoms with Gasteiger partial charge >= 0.3 is 12.2 Å². The number of amides is 2. The molecule has 0 unspecified atom stereocenters. The first-order valence-electron chi connectivity index (χ1n) is 9.52. The summed E-state index contributed by atoms with van der Waals surface area (Å²) in [6.45, 7) is 10.3. The maximum Gasteiger partial charge on any atom is 0.437 e. The van der Waals surface area contributed by atoms with Crippen LogP contribution in [-0.4, -0.2) is 41.4 Å². The number of nitrogens with one attached hydrogen (secondary N) is 2. The van der Waals surface area contributed by atoms with Gasteiger partial charge in [0.15, 0.2) is 12.2 Å². The number of anilines is 1. The number of rotatable bonds is 3. The summed E-state index contributed by atoms with van der Waals surface area (Å²) < 4.78 is 21.2. The van der Waals surface area contributed by atoms with Gasteiger partial charge in [-0.3, -0.25) is 5.32 Å². The number of ether oxygens (including phenoxy) is 3. The zero-order chi connectivity index (χ0) is 23.2. The van der Waals surface area contributed by atoms with Gasteiger partial charge in [-0.25, -0.2) is 14.6 Å². The molecule has 10 nitrogen and oxygen atoms in total. The van der Waals surface area contributed by atoms with Crippen LogP contribution in [-0.2, 0) is 9.47 Å². The Balaban J connectivity index is 2.29. The van der Waals surface area contributed by atoms with Gasteiger partial charge in [0.1, 0.15) is 17.0 Å². The summed E-state index contributed by atoms with van der Waals surface area (Å²) in [5, 5.41) is 5.30. The minimum Gasteiger partial charge on any atom is -0.496 e. The average molecular weight is 432 g/mol. The summed E-state index contributed by atoms with van der Waals surface area (Å²) in [6.07, 6.45) is 1.21. The quantitative estimate of drug-likeness (QED) is 0.533. The molecule has 0 aliphatic heterocycles. The molecular formula is C21H28N4O6. The molecule has 2 N–H and O–H groups in total. The number of carbonyl (C=O) groups is 2. The summed E-state index contributed by atoms with van der Waals surface area (Å²) >= 11 is 0. The second-order valence-electron chi connectivity index (χ2n) is 8.47. The molecule has 31 heavy (non-hydrogen) atoms. The zero-order valence-corrected chi connectivity index (χ0v) is 18.7. The predicted molar refractivity (Wildman–Crippen MR) is 115 cm³/mol. The van der Waals surface area contributed by atoms with Gasteiger partial charge in [-0.2, -0.15) is 0 Å². The number of benzene rings is 1. The first-order valence-corrected chi connectivity index (χ1v) is 9.52. The molecule has 0 saturated carbocycles. The Kier molecular flexibility index (Phi) is 7.27. The van der Waals surface area contributed by atoms with Crippen LogP contribution in [0.15, 0.2) is 40.2 Å². The van der Waals surface area contributed by atoms with Crippen LogP contribution in [0.3, 0.4) is 0 Å². The van der Waals surface area contributed by atoms with Gasteiger partial charge in [-0.15, -0.1) is 4.99 Å². The minimum absolute atomic E-state index is 0.169. The Bertz CT molecular complexity index is 940.